The van der Waals surface area contributed by atoms with Crippen molar-refractivity contribution in [1.29, 1.82) is 0 Å². The molecule has 0 radical (unpaired) electrons. The number of rotatable bonds is 1. The summed E-state index contributed by atoms with van der Waals surface area (Å²) in [7, 11) is 0. The van der Waals surface area contributed by atoms with Crippen molar-refractivity contribution in [3.8, 4) is 0 Å². The third-order valence-corrected chi connectivity index (χ3v) is 4.80. The number of nitrogens with two attached hydrogens (primary N) is 1. The fourth-order valence-electron chi connectivity index (χ4n) is 2.29. The van der Waals surface area contributed by atoms with Gasteiger partial charge in [-0.2, -0.15) is 26.8 Å². The first-order valence-corrected chi connectivity index (χ1v) is 7.06. The first kappa shape index (κ1) is 11.6. The number of hydrogen-bond donors (Lipinski definition) is 2. The molecule has 96 valence electrons. The van der Waals surface area contributed by atoms with Gasteiger partial charge in [0.15, 0.2) is 5.65 Å². The molecule has 0 aliphatic carbocycles. The number of H-pyrrole nitrogens is 1. The molecule has 0 bridgehead atoms. The summed E-state index contributed by atoms with van der Waals surface area (Å²) < 4.78 is 0. The molecule has 3 rings (SSSR count). The smallest absolute Gasteiger partial charge is 0.224 e. The Labute approximate surface area is 109 Å². The molecule has 1 fully saturated rings. The van der Waals surface area contributed by atoms with Gasteiger partial charge in [-0.1, -0.05) is 6.92 Å². The minimum Gasteiger partial charge on any atom is -0.368 e. The zero-order valence-corrected chi connectivity index (χ0v) is 11.2. The second kappa shape index (κ2) is 4.31. The lowest BCUT2D eigenvalue weighted by Gasteiger charge is -2.38. The van der Waals surface area contributed by atoms with E-state index >= 15 is 0 Å². The van der Waals surface area contributed by atoms with Gasteiger partial charge in [0.2, 0.25) is 5.95 Å². The Bertz CT molecular complexity index is 568. The van der Waals surface area contributed by atoms with Gasteiger partial charge >= 0.3 is 0 Å². The van der Waals surface area contributed by atoms with E-state index in [9.17, 15) is 0 Å². The minimum absolute atomic E-state index is 0.292. The van der Waals surface area contributed by atoms with Gasteiger partial charge < -0.3 is 10.6 Å². The summed E-state index contributed by atoms with van der Waals surface area (Å²) in [6.45, 7) is 5.45. The van der Waals surface area contributed by atoms with E-state index in [0.29, 0.717) is 22.9 Å². The highest BCUT2D eigenvalue weighted by Crippen LogP contribution is 2.31. The minimum atomic E-state index is 0.292. The summed E-state index contributed by atoms with van der Waals surface area (Å²) in [6.07, 6.45) is 1.77. The zero-order valence-electron chi connectivity index (χ0n) is 10.4. The summed E-state index contributed by atoms with van der Waals surface area (Å²) in [5.41, 5.74) is 6.47. The van der Waals surface area contributed by atoms with E-state index < -0.39 is 0 Å². The van der Waals surface area contributed by atoms with Crippen LogP contribution in [0.2, 0.25) is 0 Å². The Morgan fingerprint density at radius 3 is 3.11 bits per heavy atom. The number of hydrogen-bond acceptors (Lipinski definition) is 6. The van der Waals surface area contributed by atoms with Gasteiger partial charge in [-0.25, -0.2) is 0 Å². The van der Waals surface area contributed by atoms with E-state index in [4.69, 9.17) is 5.73 Å². The van der Waals surface area contributed by atoms with Crippen LogP contribution in [0.3, 0.4) is 0 Å². The summed E-state index contributed by atoms with van der Waals surface area (Å²) in [4.78, 5) is 10.9. The van der Waals surface area contributed by atoms with Crippen LogP contribution in [0.4, 0.5) is 11.8 Å². The van der Waals surface area contributed by atoms with Crippen molar-refractivity contribution >= 4 is 34.6 Å². The highest BCUT2D eigenvalue weighted by atomic mass is 32.2. The van der Waals surface area contributed by atoms with E-state index in [2.05, 4.69) is 38.9 Å². The molecule has 3 N–H and O–H groups in total. The van der Waals surface area contributed by atoms with Crippen LogP contribution < -0.4 is 10.6 Å². The maximum Gasteiger partial charge on any atom is 0.224 e. The van der Waals surface area contributed by atoms with E-state index in [1.165, 1.54) is 0 Å². The topological polar surface area (TPSA) is 83.7 Å². The molecular weight excluding hydrogens is 248 g/mol. The molecule has 1 aliphatic heterocycles. The second-order valence-electron chi connectivity index (χ2n) is 4.55. The number of nitrogen functional groups attached to an aromatic ring is 1. The fraction of sp³-hybridized carbons (Fsp3) is 0.545. The zero-order chi connectivity index (χ0) is 12.7. The predicted octanol–water partition coefficient (Wildman–Crippen LogP) is 1.27. The Hall–Kier alpha value is -1.50. The molecule has 2 atom stereocenters. The Balaban J connectivity index is 2.10. The summed E-state index contributed by atoms with van der Waals surface area (Å²) in [6, 6.07) is 0.427. The van der Waals surface area contributed by atoms with E-state index in [1.54, 1.807) is 6.20 Å². The van der Waals surface area contributed by atoms with Crippen molar-refractivity contribution in [2.24, 2.45) is 0 Å². The van der Waals surface area contributed by atoms with Gasteiger partial charge in [-0.15, -0.1) is 0 Å². The molecule has 2 aromatic heterocycles. The number of aromatic nitrogens is 4. The maximum atomic E-state index is 5.77. The lowest BCUT2D eigenvalue weighted by atomic mass is 10.2. The number of fused-ring (bicyclic) bond motifs is 1. The lowest BCUT2D eigenvalue weighted by molar-refractivity contribution is 0.622. The third kappa shape index (κ3) is 1.78. The van der Waals surface area contributed by atoms with Crippen LogP contribution in [-0.2, 0) is 0 Å². The highest BCUT2D eigenvalue weighted by Gasteiger charge is 2.28. The molecule has 1 saturated heterocycles. The van der Waals surface area contributed by atoms with E-state index in [-0.39, 0.29) is 0 Å². The van der Waals surface area contributed by atoms with Crippen LogP contribution in [0.25, 0.3) is 11.0 Å². The van der Waals surface area contributed by atoms with E-state index in [0.717, 1.165) is 23.5 Å². The van der Waals surface area contributed by atoms with Gasteiger partial charge in [0, 0.05) is 23.6 Å². The number of anilines is 2. The molecule has 1 aliphatic rings. The monoisotopic (exact) mass is 264 g/mol. The van der Waals surface area contributed by atoms with Crippen molar-refractivity contribution in [3.63, 3.8) is 0 Å². The molecular formula is C11H16N6S. The lowest BCUT2D eigenvalue weighted by Crippen LogP contribution is -2.45. The van der Waals surface area contributed by atoms with Gasteiger partial charge in [-0.3, -0.25) is 5.10 Å². The molecule has 0 saturated carbocycles. The maximum absolute atomic E-state index is 5.77. The van der Waals surface area contributed by atoms with Crippen LogP contribution in [0, 0.1) is 0 Å². The van der Waals surface area contributed by atoms with Crippen molar-refractivity contribution in [2.45, 2.75) is 25.1 Å². The molecule has 6 nitrogen and oxygen atoms in total. The quantitative estimate of drug-likeness (QED) is 0.807. The van der Waals surface area contributed by atoms with E-state index in [1.807, 2.05) is 11.8 Å². The predicted molar refractivity (Wildman–Crippen MR) is 74.8 cm³/mol. The van der Waals surface area contributed by atoms with Crippen LogP contribution in [0.1, 0.15) is 13.8 Å². The van der Waals surface area contributed by atoms with Crippen LogP contribution >= 0.6 is 11.8 Å². The van der Waals surface area contributed by atoms with Gasteiger partial charge in [0.1, 0.15) is 5.82 Å². The Kier molecular flexibility index (Phi) is 2.77. The average Bonchev–Trinajstić information content (AvgIpc) is 2.79. The average molecular weight is 264 g/mol. The van der Waals surface area contributed by atoms with Gasteiger partial charge in [0.05, 0.1) is 11.6 Å². The number of thioether (sulfide) groups is 1. The number of nitrogens with one attached hydrogen (secondary N) is 1. The number of nitrogens with zero attached hydrogens (tertiary/aromatic N) is 4. The first-order chi connectivity index (χ1) is 8.66. The molecule has 18 heavy (non-hydrogen) atoms. The molecule has 2 unspecified atom stereocenters. The fourth-order valence-corrected chi connectivity index (χ4v) is 3.39. The largest absolute Gasteiger partial charge is 0.368 e. The summed E-state index contributed by atoms with van der Waals surface area (Å²) in [5.74, 6) is 2.29. The standard InChI is InChI=1S/C11H16N6S/c1-6-7(2)18-4-3-17(6)10-8-5-13-16-9(8)14-11(12)15-10/h5-7H,3-4H2,1-2H3,(H3,12,13,14,15,16). The summed E-state index contributed by atoms with van der Waals surface area (Å²) >= 11 is 2.00. The molecule has 0 aromatic carbocycles. The third-order valence-electron chi connectivity index (χ3n) is 3.46. The van der Waals surface area contributed by atoms with Crippen molar-refractivity contribution in [1.82, 2.24) is 20.2 Å². The first-order valence-electron chi connectivity index (χ1n) is 6.01. The molecule has 0 amide bonds. The van der Waals surface area contributed by atoms with Crippen molar-refractivity contribution < 1.29 is 0 Å². The second-order valence-corrected chi connectivity index (χ2v) is 6.03. The molecule has 2 aromatic rings. The normalized spacial score (nSPS) is 24.7. The Morgan fingerprint density at radius 1 is 1.44 bits per heavy atom. The molecule has 7 heteroatoms. The SMILES string of the molecule is CC1SCCN(c2nc(N)nc3[nH]ncc23)C1C. The van der Waals surface area contributed by atoms with Gasteiger partial charge in [-0.05, 0) is 6.92 Å². The highest BCUT2D eigenvalue weighted by molar-refractivity contribution is 8.00. The summed E-state index contributed by atoms with van der Waals surface area (Å²) in [5, 5.41) is 8.40. The number of aromatic amines is 1. The Morgan fingerprint density at radius 2 is 2.28 bits per heavy atom. The van der Waals surface area contributed by atoms with Crippen molar-refractivity contribution in [3.05, 3.63) is 6.20 Å². The van der Waals surface area contributed by atoms with Crippen LogP contribution in [0.5, 0.6) is 0 Å². The van der Waals surface area contributed by atoms with Crippen LogP contribution in [-0.4, -0.2) is 43.8 Å². The van der Waals surface area contributed by atoms with Gasteiger partial charge in [0.25, 0.3) is 0 Å². The molecule has 3 heterocycles. The van der Waals surface area contributed by atoms with Crippen molar-refractivity contribution in [2.75, 3.05) is 22.9 Å². The molecule has 0 spiro atoms. The van der Waals surface area contributed by atoms with Crippen LogP contribution in [0.15, 0.2) is 6.20 Å².